The molecule has 3 aromatic carbocycles. The molecule has 1 atom stereocenters. The van der Waals surface area contributed by atoms with Gasteiger partial charge in [-0.15, -0.1) is 0 Å². The molecule has 3 N–H and O–H groups in total. The van der Waals surface area contributed by atoms with Gasteiger partial charge in [-0.05, 0) is 59.7 Å². The molecule has 0 aliphatic heterocycles. The number of carbonyl (C=O) groups excluding carboxylic acids is 1. The first kappa shape index (κ1) is 26.2. The van der Waals surface area contributed by atoms with Crippen LogP contribution in [-0.2, 0) is 27.8 Å². The number of ether oxygens (including phenoxy) is 1. The zero-order valence-corrected chi connectivity index (χ0v) is 21.3. The van der Waals surface area contributed by atoms with E-state index in [0.717, 1.165) is 4.70 Å². The molecule has 0 fully saturated rings. The summed E-state index contributed by atoms with van der Waals surface area (Å²) in [5.41, 5.74) is 2.52. The lowest BCUT2D eigenvalue weighted by molar-refractivity contribution is -0.123. The monoisotopic (exact) mass is 537 g/mol. The molecular formula is C26H23N3O6S2. The summed E-state index contributed by atoms with van der Waals surface area (Å²) in [5, 5.41) is 31.2. The highest BCUT2D eigenvalue weighted by Crippen LogP contribution is 2.31. The molecule has 0 bridgehead atoms. The minimum atomic E-state index is -3.42. The number of fused-ring (bicyclic) bond motifs is 1. The van der Waals surface area contributed by atoms with Gasteiger partial charge in [0.2, 0.25) is 6.10 Å². The van der Waals surface area contributed by atoms with E-state index in [0.29, 0.717) is 33.5 Å². The minimum Gasteiger partial charge on any atom is -0.476 e. The Morgan fingerprint density at radius 1 is 1.08 bits per heavy atom. The van der Waals surface area contributed by atoms with Crippen LogP contribution < -0.4 is 10.1 Å². The predicted molar refractivity (Wildman–Crippen MR) is 139 cm³/mol. The quantitative estimate of drug-likeness (QED) is 0.293. The number of sulfone groups is 1. The molecule has 190 valence electrons. The fourth-order valence-electron chi connectivity index (χ4n) is 3.61. The van der Waals surface area contributed by atoms with Crippen LogP contribution in [0.25, 0.3) is 10.2 Å². The largest absolute Gasteiger partial charge is 0.476 e. The maximum absolute atomic E-state index is 13.4. The molecule has 0 saturated heterocycles. The number of carbonyl (C=O) groups is 1. The second-order valence-corrected chi connectivity index (χ2v) is 11.3. The molecule has 11 heteroatoms. The maximum Gasteiger partial charge on any atom is 0.271 e. The Morgan fingerprint density at radius 3 is 2.32 bits per heavy atom. The average molecular weight is 538 g/mol. The van der Waals surface area contributed by atoms with Crippen LogP contribution >= 0.6 is 11.3 Å². The van der Waals surface area contributed by atoms with Crippen molar-refractivity contribution in [2.24, 2.45) is 0 Å². The molecule has 4 aromatic rings. The van der Waals surface area contributed by atoms with Gasteiger partial charge in [0.05, 0.1) is 45.7 Å². The summed E-state index contributed by atoms with van der Waals surface area (Å²) in [6.07, 6.45) is -1.15. The fraction of sp³-hybridized carbons (Fsp3) is 0.192. The molecule has 0 unspecified atom stereocenters. The van der Waals surface area contributed by atoms with E-state index in [9.17, 15) is 23.4 Å². The van der Waals surface area contributed by atoms with E-state index in [1.807, 2.05) is 6.07 Å². The van der Waals surface area contributed by atoms with Crippen LogP contribution in [0.1, 0.15) is 35.3 Å². The minimum absolute atomic E-state index is 0.0500. The van der Waals surface area contributed by atoms with Crippen LogP contribution in [0.15, 0.2) is 65.6 Å². The number of nitrogens with one attached hydrogen (secondary N) is 1. The van der Waals surface area contributed by atoms with Gasteiger partial charge in [0, 0.05) is 5.56 Å². The van der Waals surface area contributed by atoms with Crippen LogP contribution in [0.5, 0.6) is 5.75 Å². The van der Waals surface area contributed by atoms with Crippen LogP contribution in [0, 0.1) is 11.3 Å². The first-order chi connectivity index (χ1) is 17.8. The van der Waals surface area contributed by atoms with Crippen molar-refractivity contribution in [1.29, 1.82) is 5.26 Å². The second kappa shape index (κ2) is 11.1. The third-order valence-corrected chi connectivity index (χ3v) is 8.36. The van der Waals surface area contributed by atoms with Gasteiger partial charge in [-0.1, -0.05) is 30.4 Å². The van der Waals surface area contributed by atoms with Gasteiger partial charge >= 0.3 is 0 Å². The summed E-state index contributed by atoms with van der Waals surface area (Å²) in [6.45, 7) is 1.06. The fourth-order valence-corrected chi connectivity index (χ4v) is 5.41. The Bertz CT molecular complexity index is 1530. The Hall–Kier alpha value is -3.82. The smallest absolute Gasteiger partial charge is 0.271 e. The first-order valence-electron chi connectivity index (χ1n) is 11.2. The lowest BCUT2D eigenvalue weighted by Crippen LogP contribution is -2.25. The molecule has 1 aromatic heterocycles. The van der Waals surface area contributed by atoms with Gasteiger partial charge < -0.3 is 14.9 Å². The summed E-state index contributed by atoms with van der Waals surface area (Å²) in [4.78, 5) is 17.9. The Labute approximate surface area is 217 Å². The number of rotatable bonds is 9. The lowest BCUT2D eigenvalue weighted by atomic mass is 10.1. The van der Waals surface area contributed by atoms with E-state index in [2.05, 4.69) is 10.3 Å². The van der Waals surface area contributed by atoms with Gasteiger partial charge in [0.15, 0.2) is 15.0 Å². The van der Waals surface area contributed by atoms with Crippen molar-refractivity contribution in [2.75, 3.05) is 11.1 Å². The van der Waals surface area contributed by atoms with E-state index in [1.165, 1.54) is 35.6 Å². The van der Waals surface area contributed by atoms with Crippen molar-refractivity contribution >= 4 is 42.4 Å². The van der Waals surface area contributed by atoms with Crippen molar-refractivity contribution < 1.29 is 28.2 Å². The van der Waals surface area contributed by atoms with Gasteiger partial charge in [-0.2, -0.15) is 5.26 Å². The van der Waals surface area contributed by atoms with Crippen molar-refractivity contribution in [3.05, 3.63) is 82.9 Å². The summed E-state index contributed by atoms with van der Waals surface area (Å²) >= 11 is 1.20. The van der Waals surface area contributed by atoms with Gasteiger partial charge in [0.25, 0.3) is 5.91 Å². The van der Waals surface area contributed by atoms with Gasteiger partial charge in [-0.25, -0.2) is 13.4 Å². The molecule has 1 amide bonds. The number of nitriles is 1. The van der Waals surface area contributed by atoms with Gasteiger partial charge in [0.1, 0.15) is 5.75 Å². The van der Waals surface area contributed by atoms with Gasteiger partial charge in [-0.3, -0.25) is 10.1 Å². The zero-order valence-electron chi connectivity index (χ0n) is 19.7. The first-order valence-corrected chi connectivity index (χ1v) is 13.7. The molecular weight excluding hydrogens is 514 g/mol. The molecule has 0 spiro atoms. The normalized spacial score (nSPS) is 12.2. The van der Waals surface area contributed by atoms with E-state index in [4.69, 9.17) is 10.00 Å². The van der Waals surface area contributed by atoms with Crippen molar-refractivity contribution in [3.8, 4) is 11.8 Å². The number of aromatic nitrogens is 1. The number of hydrogen-bond donors (Lipinski definition) is 3. The van der Waals surface area contributed by atoms with E-state index in [1.54, 1.807) is 43.3 Å². The topological polar surface area (TPSA) is 150 Å². The summed E-state index contributed by atoms with van der Waals surface area (Å²) in [6, 6.07) is 17.6. The van der Waals surface area contributed by atoms with Crippen LogP contribution in [0.2, 0.25) is 0 Å². The third-order valence-electron chi connectivity index (χ3n) is 5.68. The molecule has 37 heavy (non-hydrogen) atoms. The molecule has 1 heterocycles. The Kier molecular flexibility index (Phi) is 7.85. The molecule has 0 aliphatic rings. The highest BCUT2D eigenvalue weighted by Gasteiger charge is 2.25. The summed E-state index contributed by atoms with van der Waals surface area (Å²) < 4.78 is 31.1. The van der Waals surface area contributed by atoms with E-state index in [-0.39, 0.29) is 29.0 Å². The van der Waals surface area contributed by atoms with Crippen molar-refractivity contribution in [1.82, 2.24) is 4.98 Å². The molecule has 9 nitrogen and oxygen atoms in total. The van der Waals surface area contributed by atoms with Crippen LogP contribution in [0.4, 0.5) is 5.13 Å². The number of hydrogen-bond acceptors (Lipinski definition) is 9. The number of nitrogens with zero attached hydrogens (tertiary/aromatic N) is 2. The molecule has 0 aliphatic carbocycles. The van der Waals surface area contributed by atoms with E-state index < -0.39 is 21.8 Å². The Balaban J connectivity index is 1.66. The highest BCUT2D eigenvalue weighted by molar-refractivity contribution is 7.91. The SMILES string of the molecule is CCS(=O)(=O)c1ccc([C@H](Oc2ccc(C#N)cc2)C(=O)Nc2nc3cc(CO)c(CO)cc3s2)cc1. The van der Waals surface area contributed by atoms with Crippen molar-refractivity contribution in [2.45, 2.75) is 31.1 Å². The van der Waals surface area contributed by atoms with Crippen LogP contribution in [0.3, 0.4) is 0 Å². The second-order valence-electron chi connectivity index (χ2n) is 8.02. The molecule has 0 radical (unpaired) electrons. The number of anilines is 1. The molecule has 4 rings (SSSR count). The number of aliphatic hydroxyl groups is 2. The van der Waals surface area contributed by atoms with Crippen molar-refractivity contribution in [3.63, 3.8) is 0 Å². The molecule has 0 saturated carbocycles. The summed E-state index contributed by atoms with van der Waals surface area (Å²) in [5.74, 6) is -0.251. The third kappa shape index (κ3) is 5.79. The van der Waals surface area contributed by atoms with Crippen LogP contribution in [-0.4, -0.2) is 35.3 Å². The maximum atomic E-state index is 13.4. The zero-order chi connectivity index (χ0) is 26.6. The predicted octanol–water partition coefficient (Wildman–Crippen LogP) is 3.70. The van der Waals surface area contributed by atoms with E-state index >= 15 is 0 Å². The average Bonchev–Trinajstić information content (AvgIpc) is 3.32. The Morgan fingerprint density at radius 2 is 1.73 bits per heavy atom. The number of aliphatic hydroxyl groups excluding tert-OH is 2. The number of benzene rings is 3. The number of thiazole rings is 1. The standard InChI is InChI=1S/C26H23N3O6S2/c1-2-37(33,34)21-9-5-17(6-10-21)24(35-20-7-3-16(13-27)4-8-20)25(32)29-26-28-22-11-18(14-30)19(15-31)12-23(22)36-26/h3-12,24,30-31H,2,14-15H2,1H3,(H,28,29,32)/t24-/m0/s1. The summed E-state index contributed by atoms with van der Waals surface area (Å²) in [7, 11) is -3.42. The number of amides is 1. The lowest BCUT2D eigenvalue weighted by Gasteiger charge is -2.19. The highest BCUT2D eigenvalue weighted by atomic mass is 32.2.